The largest absolute Gasteiger partial charge is 0.420 e. The van der Waals surface area contributed by atoms with E-state index in [1.54, 1.807) is 17.8 Å². The van der Waals surface area contributed by atoms with Crippen LogP contribution in [0, 0.1) is 0 Å². The first-order valence-electron chi connectivity index (χ1n) is 11.8. The molecule has 1 unspecified atom stereocenters. The minimum absolute atomic E-state index is 0.102. The summed E-state index contributed by atoms with van der Waals surface area (Å²) >= 11 is 2.88. The Balaban J connectivity index is 1.46. The van der Waals surface area contributed by atoms with Crippen molar-refractivity contribution in [2.45, 2.75) is 44.0 Å². The van der Waals surface area contributed by atoms with Crippen molar-refractivity contribution >= 4 is 40.6 Å². The molecule has 1 fully saturated rings. The van der Waals surface area contributed by atoms with Crippen LogP contribution in [0.25, 0.3) is 10.6 Å². The van der Waals surface area contributed by atoms with Crippen LogP contribution >= 0.6 is 23.1 Å². The number of aromatic nitrogens is 3. The third kappa shape index (κ3) is 5.46. The number of alkyl halides is 3. The molecule has 36 heavy (non-hydrogen) atoms. The average Bonchev–Trinajstić information content (AvgIpc) is 3.13. The zero-order valence-electron chi connectivity index (χ0n) is 20.0. The maximum Gasteiger partial charge on any atom is 0.420 e. The Morgan fingerprint density at radius 1 is 1.28 bits per heavy atom. The fraction of sp³-hybridized carbons (Fsp3) is 0.458. The van der Waals surface area contributed by atoms with E-state index in [-0.39, 0.29) is 11.6 Å². The fourth-order valence-corrected chi connectivity index (χ4v) is 6.49. The molecule has 0 spiro atoms. The van der Waals surface area contributed by atoms with E-state index >= 15 is 0 Å². The van der Waals surface area contributed by atoms with E-state index in [1.807, 2.05) is 19.1 Å². The number of thioether (sulfide) groups is 1. The van der Waals surface area contributed by atoms with Gasteiger partial charge in [0.15, 0.2) is 0 Å². The number of anilines is 3. The molecule has 1 saturated heterocycles. The van der Waals surface area contributed by atoms with Crippen molar-refractivity contribution in [1.29, 1.82) is 0 Å². The molecular formula is C24H27F3N6OS2. The molecule has 1 atom stereocenters. The molecule has 0 saturated carbocycles. The zero-order valence-corrected chi connectivity index (χ0v) is 21.6. The number of aryl methyl sites for hydroxylation is 1. The van der Waals surface area contributed by atoms with Gasteiger partial charge in [-0.2, -0.15) is 13.2 Å². The molecule has 5 heterocycles. The average molecular weight is 537 g/mol. The first kappa shape index (κ1) is 25.2. The number of halogens is 3. The highest BCUT2D eigenvalue weighted by molar-refractivity contribution is 7.99. The summed E-state index contributed by atoms with van der Waals surface area (Å²) in [7, 11) is 0. The predicted molar refractivity (Wildman–Crippen MR) is 137 cm³/mol. The molecule has 3 aromatic heterocycles. The van der Waals surface area contributed by atoms with Gasteiger partial charge in [0.1, 0.15) is 11.4 Å². The van der Waals surface area contributed by atoms with Crippen molar-refractivity contribution in [2.24, 2.45) is 0 Å². The Labute approximate surface area is 215 Å². The summed E-state index contributed by atoms with van der Waals surface area (Å²) in [4.78, 5) is 17.7. The molecule has 0 radical (unpaired) electrons. The topological polar surface area (TPSA) is 75.2 Å². The summed E-state index contributed by atoms with van der Waals surface area (Å²) in [5.41, 5.74) is 0.504. The number of rotatable bonds is 5. The summed E-state index contributed by atoms with van der Waals surface area (Å²) < 4.78 is 47.2. The SMILES string of the molecule is CCc1nc(N2CCNC(C)C2)ccc1Nc1ncc(C(F)(F)F)c(-c2cc3c(s2)COCCS3)n1. The number of ether oxygens (including phenoxy) is 1. The van der Waals surface area contributed by atoms with Crippen LogP contribution in [0.15, 0.2) is 29.3 Å². The van der Waals surface area contributed by atoms with Gasteiger partial charge in [-0.3, -0.25) is 0 Å². The third-order valence-corrected chi connectivity index (χ3v) is 8.34. The van der Waals surface area contributed by atoms with Crippen molar-refractivity contribution < 1.29 is 17.9 Å². The van der Waals surface area contributed by atoms with Crippen molar-refractivity contribution in [3.63, 3.8) is 0 Å². The summed E-state index contributed by atoms with van der Waals surface area (Å²) in [5.74, 6) is 1.76. The molecule has 0 aromatic carbocycles. The lowest BCUT2D eigenvalue weighted by atomic mass is 10.2. The van der Waals surface area contributed by atoms with Crippen LogP contribution in [0.1, 0.15) is 30.0 Å². The van der Waals surface area contributed by atoms with Crippen LogP contribution in [-0.4, -0.2) is 53.0 Å². The van der Waals surface area contributed by atoms with Gasteiger partial charge in [0.25, 0.3) is 0 Å². The van der Waals surface area contributed by atoms with E-state index in [9.17, 15) is 13.2 Å². The zero-order chi connectivity index (χ0) is 25.3. The minimum atomic E-state index is -4.57. The number of pyridine rings is 1. The first-order chi connectivity index (χ1) is 17.3. The van der Waals surface area contributed by atoms with Gasteiger partial charge < -0.3 is 20.3 Å². The van der Waals surface area contributed by atoms with Crippen molar-refractivity contribution in [3.8, 4) is 10.6 Å². The highest BCUT2D eigenvalue weighted by atomic mass is 32.2. The van der Waals surface area contributed by atoms with Gasteiger partial charge in [-0.15, -0.1) is 23.1 Å². The number of nitrogens with zero attached hydrogens (tertiary/aromatic N) is 4. The Morgan fingerprint density at radius 3 is 2.92 bits per heavy atom. The van der Waals surface area contributed by atoms with Crippen LogP contribution in [-0.2, 0) is 23.9 Å². The Morgan fingerprint density at radius 2 is 2.14 bits per heavy atom. The van der Waals surface area contributed by atoms with Gasteiger partial charge in [0.2, 0.25) is 5.95 Å². The van der Waals surface area contributed by atoms with Crippen LogP contribution in [0.4, 0.5) is 30.6 Å². The number of hydrogen-bond donors (Lipinski definition) is 2. The number of fused-ring (bicyclic) bond motifs is 1. The lowest BCUT2D eigenvalue weighted by molar-refractivity contribution is -0.137. The number of hydrogen-bond acceptors (Lipinski definition) is 9. The van der Waals surface area contributed by atoms with E-state index in [1.165, 1.54) is 11.3 Å². The third-order valence-electron chi connectivity index (χ3n) is 6.05. The van der Waals surface area contributed by atoms with E-state index in [4.69, 9.17) is 9.72 Å². The van der Waals surface area contributed by atoms with Crippen LogP contribution in [0.2, 0.25) is 0 Å². The summed E-state index contributed by atoms with van der Waals surface area (Å²) in [5, 5.41) is 6.54. The number of nitrogens with one attached hydrogen (secondary N) is 2. The molecule has 12 heteroatoms. The second-order valence-electron chi connectivity index (χ2n) is 8.70. The van der Waals surface area contributed by atoms with Crippen molar-refractivity contribution in [3.05, 3.63) is 40.5 Å². The highest BCUT2D eigenvalue weighted by Gasteiger charge is 2.36. The fourth-order valence-electron chi connectivity index (χ4n) is 4.27. The van der Waals surface area contributed by atoms with E-state index in [2.05, 4.69) is 32.4 Å². The summed E-state index contributed by atoms with van der Waals surface area (Å²) in [6, 6.07) is 5.98. The Bertz CT molecular complexity index is 1210. The molecule has 0 amide bonds. The lowest BCUT2D eigenvalue weighted by Crippen LogP contribution is -2.49. The Kier molecular flexibility index (Phi) is 7.38. The van der Waals surface area contributed by atoms with Gasteiger partial charge in [0, 0.05) is 47.4 Å². The quantitative estimate of drug-likeness (QED) is 0.452. The predicted octanol–water partition coefficient (Wildman–Crippen LogP) is 5.35. The maximum absolute atomic E-state index is 13.9. The lowest BCUT2D eigenvalue weighted by Gasteiger charge is -2.33. The molecule has 5 rings (SSSR count). The second-order valence-corrected chi connectivity index (χ2v) is 11.0. The molecule has 3 aromatic rings. The second kappa shape index (κ2) is 10.5. The number of piperazine rings is 1. The standard InChI is InChI=1S/C24H27F3N6OS2/c1-3-16-17(4-5-21(30-16)33-7-6-28-14(2)12-33)31-23-29-11-15(24(25,26)27)22(32-23)19-10-18-20(36-19)13-34-8-9-35-18/h4-5,10-11,14,28H,3,6-9,12-13H2,1-2H3,(H,29,31,32). The highest BCUT2D eigenvalue weighted by Crippen LogP contribution is 2.43. The Hall–Kier alpha value is -2.41. The molecule has 7 nitrogen and oxygen atoms in total. The van der Waals surface area contributed by atoms with Gasteiger partial charge in [-0.1, -0.05) is 6.92 Å². The molecule has 192 valence electrons. The summed E-state index contributed by atoms with van der Waals surface area (Å²) in [6.07, 6.45) is -3.06. The van der Waals surface area contributed by atoms with E-state index in [0.29, 0.717) is 36.2 Å². The van der Waals surface area contributed by atoms with Crippen LogP contribution in [0.5, 0.6) is 0 Å². The first-order valence-corrected chi connectivity index (χ1v) is 13.6. The van der Waals surface area contributed by atoms with Crippen molar-refractivity contribution in [2.75, 3.05) is 42.2 Å². The minimum Gasteiger partial charge on any atom is -0.375 e. The van der Waals surface area contributed by atoms with Gasteiger partial charge in [-0.05, 0) is 31.5 Å². The molecule has 0 aliphatic carbocycles. The van der Waals surface area contributed by atoms with Crippen molar-refractivity contribution in [1.82, 2.24) is 20.3 Å². The molecule has 2 aliphatic heterocycles. The number of thiophene rings is 1. The van der Waals surface area contributed by atoms with Crippen LogP contribution in [0.3, 0.4) is 0 Å². The molecule has 2 aliphatic rings. The smallest absolute Gasteiger partial charge is 0.375 e. The molecular weight excluding hydrogens is 509 g/mol. The van der Waals surface area contributed by atoms with Gasteiger partial charge in [-0.25, -0.2) is 15.0 Å². The van der Waals surface area contributed by atoms with Gasteiger partial charge in [0.05, 0.1) is 35.2 Å². The van der Waals surface area contributed by atoms with E-state index in [0.717, 1.165) is 52.9 Å². The monoisotopic (exact) mass is 536 g/mol. The normalized spacial score (nSPS) is 18.6. The molecule has 2 N–H and O–H groups in total. The summed E-state index contributed by atoms with van der Waals surface area (Å²) in [6.45, 7) is 7.78. The van der Waals surface area contributed by atoms with Gasteiger partial charge >= 0.3 is 6.18 Å². The van der Waals surface area contributed by atoms with E-state index < -0.39 is 11.7 Å². The van der Waals surface area contributed by atoms with Crippen LogP contribution < -0.4 is 15.5 Å². The molecule has 0 bridgehead atoms. The maximum atomic E-state index is 13.9.